The second kappa shape index (κ2) is 10.5. The lowest BCUT2D eigenvalue weighted by molar-refractivity contribution is -0.132. The van der Waals surface area contributed by atoms with Gasteiger partial charge >= 0.3 is 5.91 Å². The van der Waals surface area contributed by atoms with E-state index in [4.69, 9.17) is 0 Å². The maximum atomic E-state index is 13.5. The maximum Gasteiger partial charge on any atom is 0.301 e. The third-order valence-corrected chi connectivity index (χ3v) is 8.94. The Morgan fingerprint density at radius 2 is 1.85 bits per heavy atom. The molecule has 5 aromatic rings. The Morgan fingerprint density at radius 3 is 2.59 bits per heavy atom. The number of ketones is 1. The van der Waals surface area contributed by atoms with Gasteiger partial charge in [-0.05, 0) is 60.9 Å². The number of phenolic OH excluding ortho intramolecular Hbond substituents is 1. The number of aliphatic hydroxyl groups excluding tert-OH is 1. The molecule has 1 fully saturated rings. The largest absolute Gasteiger partial charge is 0.508 e. The number of halogens is 1. The van der Waals surface area contributed by atoms with Crippen LogP contribution in [0.1, 0.15) is 34.1 Å². The number of aryl methyl sites for hydroxylation is 2. The molecule has 9 nitrogen and oxygen atoms in total. The Balaban J connectivity index is 1.43. The first-order valence-corrected chi connectivity index (χ1v) is 14.3. The predicted octanol–water partition coefficient (Wildman–Crippen LogP) is 5.57. The van der Waals surface area contributed by atoms with Crippen LogP contribution in [0.15, 0.2) is 76.8 Å². The number of hydrogen-bond acceptors (Lipinski definition) is 9. The zero-order valence-corrected chi connectivity index (χ0v) is 23.4. The van der Waals surface area contributed by atoms with E-state index in [-0.39, 0.29) is 28.0 Å². The van der Waals surface area contributed by atoms with Crippen molar-refractivity contribution < 1.29 is 24.2 Å². The molecule has 6 rings (SSSR count). The first kappa shape index (κ1) is 26.7. The third kappa shape index (κ3) is 4.74. The molecule has 0 radical (unpaired) electrons. The van der Waals surface area contributed by atoms with Crippen molar-refractivity contribution in [1.29, 1.82) is 0 Å². The van der Waals surface area contributed by atoms with Gasteiger partial charge in [0.05, 0.1) is 17.3 Å². The molecular formula is C29H22FN5O4S2. The maximum absolute atomic E-state index is 13.5. The van der Waals surface area contributed by atoms with Crippen LogP contribution in [0, 0.1) is 19.7 Å². The molecule has 2 aromatic carbocycles. The number of aliphatic hydroxyl groups is 1. The van der Waals surface area contributed by atoms with Gasteiger partial charge in [0.15, 0.2) is 10.1 Å². The normalized spacial score (nSPS) is 16.7. The van der Waals surface area contributed by atoms with E-state index in [1.54, 1.807) is 41.8 Å². The molecule has 1 aliphatic rings. The summed E-state index contributed by atoms with van der Waals surface area (Å²) in [6.07, 6.45) is 1.80. The smallest absolute Gasteiger partial charge is 0.301 e. The third-order valence-electron chi connectivity index (χ3n) is 6.82. The number of Topliss-reactive ketones (excluding diaryl/α,β-unsaturated/α-hetero) is 1. The van der Waals surface area contributed by atoms with Gasteiger partial charge in [0.1, 0.15) is 22.9 Å². The minimum Gasteiger partial charge on any atom is -0.508 e. The van der Waals surface area contributed by atoms with Crippen molar-refractivity contribution in [3.8, 4) is 5.75 Å². The molecule has 0 aliphatic carbocycles. The number of hydrogen-bond donors (Lipinski definition) is 2. The minimum atomic E-state index is -1.09. The Labute approximate surface area is 241 Å². The average Bonchev–Trinajstić information content (AvgIpc) is 3.63. The number of amides is 1. The van der Waals surface area contributed by atoms with E-state index in [2.05, 4.69) is 15.2 Å². The number of aromatic nitrogens is 4. The molecule has 0 saturated carbocycles. The van der Waals surface area contributed by atoms with Crippen LogP contribution in [0.25, 0.3) is 11.4 Å². The summed E-state index contributed by atoms with van der Waals surface area (Å²) in [6, 6.07) is 14.9. The van der Waals surface area contributed by atoms with Crippen LogP contribution in [0.2, 0.25) is 0 Å². The number of phenols is 1. The van der Waals surface area contributed by atoms with Crippen LogP contribution in [0.4, 0.5) is 9.52 Å². The molecule has 41 heavy (non-hydrogen) atoms. The zero-order chi connectivity index (χ0) is 28.8. The number of carbonyl (C=O) groups is 2. The predicted molar refractivity (Wildman–Crippen MR) is 153 cm³/mol. The van der Waals surface area contributed by atoms with Crippen molar-refractivity contribution >= 4 is 51.3 Å². The summed E-state index contributed by atoms with van der Waals surface area (Å²) in [5.41, 5.74) is 3.37. The summed E-state index contributed by atoms with van der Waals surface area (Å²) >= 11 is 2.47. The Kier molecular flexibility index (Phi) is 6.80. The van der Waals surface area contributed by atoms with Gasteiger partial charge in [-0.3, -0.25) is 14.5 Å². The highest BCUT2D eigenvalue weighted by atomic mass is 32.2. The second-order valence-corrected chi connectivity index (χ2v) is 11.6. The number of nitrogens with zero attached hydrogens (tertiary/aromatic N) is 5. The van der Waals surface area contributed by atoms with Crippen molar-refractivity contribution in [3.05, 3.63) is 106 Å². The molecule has 12 heteroatoms. The van der Waals surface area contributed by atoms with Crippen LogP contribution < -0.4 is 4.90 Å². The number of rotatable bonds is 6. The fourth-order valence-corrected chi connectivity index (χ4v) is 6.62. The fourth-order valence-electron chi connectivity index (χ4n) is 4.80. The Morgan fingerprint density at radius 1 is 1.07 bits per heavy atom. The number of carbonyl (C=O) groups excluding carboxylic acids is 2. The SMILES string of the molecule is Cc1cccn2c(C)c(/C(O)=C3\C(=O)C(=O)N(c4nnc(SCc5ccc(F)cc5)s4)C3c3cccc(O)c3)nc12. The number of fused-ring (bicyclic) bond motifs is 1. The molecule has 1 amide bonds. The van der Waals surface area contributed by atoms with Gasteiger partial charge in [-0.15, -0.1) is 10.2 Å². The van der Waals surface area contributed by atoms with Crippen molar-refractivity contribution in [2.45, 2.75) is 30.0 Å². The molecule has 0 spiro atoms. The van der Waals surface area contributed by atoms with Crippen molar-refractivity contribution in [2.75, 3.05) is 4.90 Å². The van der Waals surface area contributed by atoms with Gasteiger partial charge in [0, 0.05) is 11.9 Å². The van der Waals surface area contributed by atoms with Gasteiger partial charge < -0.3 is 14.6 Å². The lowest BCUT2D eigenvalue weighted by Crippen LogP contribution is -2.29. The summed E-state index contributed by atoms with van der Waals surface area (Å²) in [4.78, 5) is 32.8. The monoisotopic (exact) mass is 587 g/mol. The molecular weight excluding hydrogens is 565 g/mol. The van der Waals surface area contributed by atoms with Crippen molar-refractivity contribution in [3.63, 3.8) is 0 Å². The highest BCUT2D eigenvalue weighted by Crippen LogP contribution is 2.44. The molecule has 3 aromatic heterocycles. The first-order valence-electron chi connectivity index (χ1n) is 12.5. The molecule has 0 bridgehead atoms. The quantitative estimate of drug-likeness (QED) is 0.0870. The number of pyridine rings is 1. The summed E-state index contributed by atoms with van der Waals surface area (Å²) in [7, 11) is 0. The number of benzene rings is 2. The van der Waals surface area contributed by atoms with Crippen molar-refractivity contribution in [1.82, 2.24) is 19.6 Å². The summed E-state index contributed by atoms with van der Waals surface area (Å²) in [5.74, 6) is -2.11. The molecule has 2 N–H and O–H groups in total. The van der Waals surface area contributed by atoms with Gasteiger partial charge in [0.25, 0.3) is 5.78 Å². The summed E-state index contributed by atoms with van der Waals surface area (Å²) < 4.78 is 15.6. The van der Waals surface area contributed by atoms with E-state index in [0.717, 1.165) is 22.5 Å². The molecule has 1 aliphatic heterocycles. The zero-order valence-electron chi connectivity index (χ0n) is 21.8. The summed E-state index contributed by atoms with van der Waals surface area (Å²) in [6.45, 7) is 3.65. The molecule has 4 heterocycles. The van der Waals surface area contributed by atoms with Crippen LogP contribution in [0.3, 0.4) is 0 Å². The van der Waals surface area contributed by atoms with Gasteiger partial charge in [-0.2, -0.15) is 0 Å². The average molecular weight is 588 g/mol. The van der Waals surface area contributed by atoms with E-state index >= 15 is 0 Å². The number of anilines is 1. The number of aromatic hydroxyl groups is 1. The van der Waals surface area contributed by atoms with Gasteiger partial charge in [-0.25, -0.2) is 9.37 Å². The first-order chi connectivity index (χ1) is 19.7. The molecule has 1 saturated heterocycles. The van der Waals surface area contributed by atoms with Gasteiger partial charge in [0.2, 0.25) is 5.13 Å². The van der Waals surface area contributed by atoms with Gasteiger partial charge in [-0.1, -0.05) is 53.4 Å². The topological polar surface area (TPSA) is 121 Å². The summed E-state index contributed by atoms with van der Waals surface area (Å²) in [5, 5.41) is 30.3. The van der Waals surface area contributed by atoms with Crippen molar-refractivity contribution in [2.24, 2.45) is 0 Å². The minimum absolute atomic E-state index is 0.0690. The van der Waals surface area contributed by atoms with E-state index in [0.29, 0.717) is 27.0 Å². The second-order valence-electron chi connectivity index (χ2n) is 9.46. The van der Waals surface area contributed by atoms with E-state index in [1.807, 2.05) is 19.1 Å². The molecule has 1 unspecified atom stereocenters. The van der Waals surface area contributed by atoms with Crippen LogP contribution in [-0.2, 0) is 15.3 Å². The van der Waals surface area contributed by atoms with Crippen LogP contribution >= 0.6 is 23.1 Å². The number of imidazole rings is 1. The number of thioether (sulfide) groups is 1. The molecule has 206 valence electrons. The van der Waals surface area contributed by atoms with E-state index in [1.165, 1.54) is 40.9 Å². The fraction of sp³-hybridized carbons (Fsp3) is 0.138. The highest BCUT2D eigenvalue weighted by Gasteiger charge is 2.49. The van der Waals surface area contributed by atoms with Crippen LogP contribution in [-0.4, -0.2) is 41.5 Å². The lowest BCUT2D eigenvalue weighted by Gasteiger charge is -2.22. The van der Waals surface area contributed by atoms with Crippen LogP contribution in [0.5, 0.6) is 5.75 Å². The Bertz CT molecular complexity index is 1860. The Hall–Kier alpha value is -4.55. The van der Waals surface area contributed by atoms with E-state index in [9.17, 15) is 24.2 Å². The standard InChI is InChI=1S/C29H22FN5O4S2/c1-15-5-4-12-34-16(2)22(31-26(15)34)24(37)21-23(18-6-3-7-20(36)13-18)35(27(39)25(21)38)28-32-33-29(41-28)40-14-17-8-10-19(30)11-9-17/h3-13,23,36-37H,14H2,1-2H3/b24-21+. The van der Waals surface area contributed by atoms with E-state index < -0.39 is 23.5 Å². The molecule has 1 atom stereocenters. The lowest BCUT2D eigenvalue weighted by atomic mass is 9.96. The highest BCUT2D eigenvalue weighted by molar-refractivity contribution is 8.00.